The molecule has 0 bridgehead atoms. The molecule has 8 nitrogen and oxygen atoms in total. The third-order valence-electron chi connectivity index (χ3n) is 8.02. The number of carbonyl (C=O) groups is 1. The second kappa shape index (κ2) is 12.1. The van der Waals surface area contributed by atoms with Gasteiger partial charge in [-0.15, -0.1) is 0 Å². The van der Waals surface area contributed by atoms with Crippen LogP contribution in [-0.2, 0) is 4.79 Å². The minimum atomic E-state index is -0.469. The van der Waals surface area contributed by atoms with Crippen LogP contribution in [0, 0.1) is 0 Å². The Kier molecular flexibility index (Phi) is 8.63. The van der Waals surface area contributed by atoms with Crippen molar-refractivity contribution in [2.75, 3.05) is 18.0 Å². The van der Waals surface area contributed by atoms with Crippen molar-refractivity contribution in [2.24, 2.45) is 0 Å². The van der Waals surface area contributed by atoms with Crippen molar-refractivity contribution in [1.29, 1.82) is 0 Å². The zero-order chi connectivity index (χ0) is 31.2. The van der Waals surface area contributed by atoms with E-state index < -0.39 is 5.69 Å². The lowest BCUT2D eigenvalue weighted by molar-refractivity contribution is -0.128. The summed E-state index contributed by atoms with van der Waals surface area (Å²) in [6, 6.07) is 10.9. The molecule has 1 aromatic carbocycles. The topological polar surface area (TPSA) is 84.2 Å². The third-order valence-corrected chi connectivity index (χ3v) is 8.64. The van der Waals surface area contributed by atoms with E-state index in [1.807, 2.05) is 44.2 Å². The van der Waals surface area contributed by atoms with Gasteiger partial charge in [0.25, 0.3) is 0 Å². The van der Waals surface area contributed by atoms with Crippen molar-refractivity contribution >= 4 is 46.0 Å². The number of benzene rings is 1. The molecule has 0 saturated carbocycles. The summed E-state index contributed by atoms with van der Waals surface area (Å²) in [6.07, 6.45) is 3.12. The smallest absolute Gasteiger partial charge is 0.349 e. The molecular weight excluding hydrogens is 583 g/mol. The fourth-order valence-corrected chi connectivity index (χ4v) is 6.31. The highest BCUT2D eigenvalue weighted by Crippen LogP contribution is 2.38. The fraction of sp³-hybridized carbons (Fsp3) is 0.364. The van der Waals surface area contributed by atoms with Gasteiger partial charge in [0.05, 0.1) is 32.5 Å². The first kappa shape index (κ1) is 30.7. The Morgan fingerprint density at radius 2 is 1.72 bits per heavy atom. The van der Waals surface area contributed by atoms with Gasteiger partial charge in [0.2, 0.25) is 5.91 Å². The number of rotatable bonds is 6. The Labute approximate surface area is 262 Å². The minimum absolute atomic E-state index is 0.0296. The van der Waals surface area contributed by atoms with Gasteiger partial charge in [-0.3, -0.25) is 9.78 Å². The van der Waals surface area contributed by atoms with Crippen molar-refractivity contribution in [3.05, 3.63) is 87.0 Å². The normalized spacial score (nSPS) is 17.3. The third kappa shape index (κ3) is 5.54. The second-order valence-electron chi connectivity index (χ2n) is 11.7. The molecular formula is C33H36Cl2N6O2. The van der Waals surface area contributed by atoms with Crippen LogP contribution in [0.25, 0.3) is 28.0 Å². The molecule has 4 heterocycles. The lowest BCUT2D eigenvalue weighted by Gasteiger charge is -2.44. The molecule has 224 valence electrons. The predicted molar refractivity (Wildman–Crippen MR) is 175 cm³/mol. The first-order valence-electron chi connectivity index (χ1n) is 14.5. The summed E-state index contributed by atoms with van der Waals surface area (Å²) in [5, 5.41) is 1.50. The summed E-state index contributed by atoms with van der Waals surface area (Å²) in [6.45, 7) is 16.8. The number of pyridine rings is 2. The van der Waals surface area contributed by atoms with Crippen molar-refractivity contribution in [3.8, 4) is 16.9 Å². The van der Waals surface area contributed by atoms with Gasteiger partial charge in [0.15, 0.2) is 5.65 Å². The number of halogens is 2. The van der Waals surface area contributed by atoms with Crippen molar-refractivity contribution < 1.29 is 4.79 Å². The van der Waals surface area contributed by atoms with Gasteiger partial charge < -0.3 is 9.80 Å². The van der Waals surface area contributed by atoms with Gasteiger partial charge in [-0.25, -0.2) is 14.3 Å². The largest absolute Gasteiger partial charge is 0.355 e. The summed E-state index contributed by atoms with van der Waals surface area (Å²) in [5.74, 6) is 0.480. The summed E-state index contributed by atoms with van der Waals surface area (Å²) in [5.41, 5.74) is 3.49. The van der Waals surface area contributed by atoms with Crippen LogP contribution in [0.1, 0.15) is 64.6 Å². The lowest BCUT2D eigenvalue weighted by atomic mass is 9.97. The number of fused-ring (bicyclic) bond motifs is 1. The molecule has 0 spiro atoms. The van der Waals surface area contributed by atoms with Gasteiger partial charge in [0, 0.05) is 36.9 Å². The summed E-state index contributed by atoms with van der Waals surface area (Å²) < 4.78 is 1.58. The summed E-state index contributed by atoms with van der Waals surface area (Å²) in [4.78, 5) is 45.1. The highest BCUT2D eigenvalue weighted by atomic mass is 35.5. The van der Waals surface area contributed by atoms with E-state index in [0.717, 1.165) is 11.3 Å². The highest BCUT2D eigenvalue weighted by molar-refractivity contribution is 6.36. The monoisotopic (exact) mass is 618 g/mol. The highest BCUT2D eigenvalue weighted by Gasteiger charge is 2.34. The molecule has 1 aliphatic heterocycles. The van der Waals surface area contributed by atoms with Crippen LogP contribution in [0.15, 0.2) is 60.0 Å². The standard InChI is InChI=1S/C33H36Cl2N6O2/c1-8-27(42)39-16-21(7)40(17-20(39)6)31-24-15-26(35)29(23-11-9-10-12-25(23)34)37-32(24)41(33(43)38-31)30-22(18(2)3)13-14-36-28(30)19(4)5/h8-15,18-21H,1,16-17H2,2-7H3/t20-,21+/m1/s1. The molecule has 10 heteroatoms. The Bertz CT molecular complexity index is 1760. The number of amides is 1. The molecule has 43 heavy (non-hydrogen) atoms. The predicted octanol–water partition coefficient (Wildman–Crippen LogP) is 7.01. The maximum absolute atomic E-state index is 14.3. The zero-order valence-electron chi connectivity index (χ0n) is 25.3. The van der Waals surface area contributed by atoms with Crippen molar-refractivity contribution in [2.45, 2.75) is 65.5 Å². The van der Waals surface area contributed by atoms with E-state index in [1.165, 1.54) is 6.08 Å². The van der Waals surface area contributed by atoms with E-state index in [1.54, 1.807) is 21.7 Å². The number of piperazine rings is 1. The van der Waals surface area contributed by atoms with Crippen LogP contribution < -0.4 is 10.6 Å². The molecule has 0 radical (unpaired) electrons. The summed E-state index contributed by atoms with van der Waals surface area (Å²) >= 11 is 13.5. The van der Waals surface area contributed by atoms with E-state index >= 15 is 0 Å². The van der Waals surface area contributed by atoms with Gasteiger partial charge >= 0.3 is 5.69 Å². The molecule has 1 aliphatic rings. The molecule has 1 amide bonds. The molecule has 3 aromatic heterocycles. The number of hydrogen-bond acceptors (Lipinski definition) is 6. The maximum atomic E-state index is 14.3. The number of carbonyl (C=O) groups excluding carboxylic acids is 1. The molecule has 5 rings (SSSR count). The first-order valence-corrected chi connectivity index (χ1v) is 15.3. The van der Waals surface area contributed by atoms with Crippen LogP contribution in [-0.4, -0.2) is 55.5 Å². The maximum Gasteiger partial charge on any atom is 0.355 e. The Balaban J connectivity index is 1.86. The summed E-state index contributed by atoms with van der Waals surface area (Å²) in [7, 11) is 0. The molecule has 2 atom stereocenters. The SMILES string of the molecule is C=CC(=O)N1C[C@H](C)N(c2nc(=O)n(-c3c(C(C)C)ccnc3C(C)C)c3nc(-c4ccccc4Cl)c(Cl)cc23)C[C@H]1C. The number of nitrogens with zero attached hydrogens (tertiary/aromatic N) is 6. The van der Waals surface area contributed by atoms with Gasteiger partial charge in [-0.05, 0) is 55.5 Å². The fourth-order valence-electron chi connectivity index (χ4n) is 5.83. The van der Waals surface area contributed by atoms with Crippen LogP contribution in [0.3, 0.4) is 0 Å². The van der Waals surface area contributed by atoms with Crippen LogP contribution in [0.4, 0.5) is 5.82 Å². The van der Waals surface area contributed by atoms with E-state index in [2.05, 4.69) is 39.2 Å². The molecule has 0 aliphatic carbocycles. The average Bonchev–Trinajstić information content (AvgIpc) is 2.97. The Morgan fingerprint density at radius 3 is 2.37 bits per heavy atom. The van der Waals surface area contributed by atoms with Crippen LogP contribution in [0.2, 0.25) is 10.0 Å². The minimum Gasteiger partial charge on any atom is -0.349 e. The quantitative estimate of drug-likeness (QED) is 0.216. The molecule has 1 fully saturated rings. The Hall–Kier alpha value is -3.75. The molecule has 0 N–H and O–H groups in total. The van der Waals surface area contributed by atoms with E-state index in [4.69, 9.17) is 38.2 Å². The van der Waals surface area contributed by atoms with Gasteiger partial charge in [-0.1, -0.05) is 75.7 Å². The van der Waals surface area contributed by atoms with E-state index in [0.29, 0.717) is 56.9 Å². The molecule has 1 saturated heterocycles. The zero-order valence-corrected chi connectivity index (χ0v) is 26.8. The van der Waals surface area contributed by atoms with Gasteiger partial charge in [0.1, 0.15) is 5.82 Å². The Morgan fingerprint density at radius 1 is 1.00 bits per heavy atom. The molecule has 4 aromatic rings. The first-order chi connectivity index (χ1) is 20.4. The average molecular weight is 620 g/mol. The number of aromatic nitrogens is 4. The van der Waals surface area contributed by atoms with Crippen molar-refractivity contribution in [1.82, 2.24) is 24.4 Å². The number of anilines is 1. The van der Waals surface area contributed by atoms with E-state index in [9.17, 15) is 9.59 Å². The van der Waals surface area contributed by atoms with Crippen LogP contribution >= 0.6 is 23.2 Å². The number of hydrogen-bond donors (Lipinski definition) is 0. The van der Waals surface area contributed by atoms with Gasteiger partial charge in [-0.2, -0.15) is 4.98 Å². The lowest BCUT2D eigenvalue weighted by Crippen LogP contribution is -2.58. The van der Waals surface area contributed by atoms with E-state index in [-0.39, 0.29) is 29.8 Å². The van der Waals surface area contributed by atoms with Crippen LogP contribution in [0.5, 0.6) is 0 Å². The van der Waals surface area contributed by atoms with Crippen molar-refractivity contribution in [3.63, 3.8) is 0 Å². The second-order valence-corrected chi connectivity index (χ2v) is 12.5. The molecule has 0 unspecified atom stereocenters.